The number of aryl methyl sites for hydroxylation is 1. The fourth-order valence-corrected chi connectivity index (χ4v) is 1.34. The second kappa shape index (κ2) is 5.21. The van der Waals surface area contributed by atoms with Crippen LogP contribution in [-0.2, 0) is 0 Å². The van der Waals surface area contributed by atoms with Crippen LogP contribution >= 0.6 is 0 Å². The van der Waals surface area contributed by atoms with E-state index in [9.17, 15) is 4.79 Å². The summed E-state index contributed by atoms with van der Waals surface area (Å²) in [5.74, 6) is 2.44. The Bertz CT molecular complexity index is 401. The van der Waals surface area contributed by atoms with Crippen LogP contribution in [0.2, 0.25) is 0 Å². The molecule has 0 unspecified atom stereocenters. The highest BCUT2D eigenvalue weighted by molar-refractivity contribution is 5.95. The zero-order chi connectivity index (χ0) is 11.3. The van der Waals surface area contributed by atoms with Gasteiger partial charge in [-0.05, 0) is 31.0 Å². The van der Waals surface area contributed by atoms with Gasteiger partial charge in [-0.2, -0.15) is 0 Å². The van der Waals surface area contributed by atoms with Gasteiger partial charge in [0.2, 0.25) is 0 Å². The van der Waals surface area contributed by atoms with E-state index in [0.717, 1.165) is 16.7 Å². The Morgan fingerprint density at radius 1 is 1.47 bits per heavy atom. The first-order valence-corrected chi connectivity index (χ1v) is 4.94. The normalized spacial score (nSPS) is 9.40. The summed E-state index contributed by atoms with van der Waals surface area (Å²) in [5.41, 5.74) is 2.88. The average molecular weight is 201 g/mol. The summed E-state index contributed by atoms with van der Waals surface area (Å²) >= 11 is 0. The molecule has 0 fully saturated rings. The molecule has 1 amide bonds. The number of hydrogen-bond acceptors (Lipinski definition) is 1. The van der Waals surface area contributed by atoms with Crippen molar-refractivity contribution in [2.45, 2.75) is 20.3 Å². The molecule has 2 nitrogen and oxygen atoms in total. The van der Waals surface area contributed by atoms with Gasteiger partial charge in [0, 0.05) is 18.5 Å². The van der Waals surface area contributed by atoms with Crippen LogP contribution in [0.1, 0.15) is 27.9 Å². The standard InChI is InChI=1S/C13H15NO/c1-4-5-9-14-13(15)12-8-6-7-10(2)11(12)3/h1,6-8H,5,9H2,2-3H3,(H,14,15). The minimum atomic E-state index is -0.0496. The van der Waals surface area contributed by atoms with Crippen molar-refractivity contribution in [2.24, 2.45) is 0 Å². The second-order valence-electron chi connectivity index (χ2n) is 3.46. The molecule has 1 rings (SSSR count). The third-order valence-electron chi connectivity index (χ3n) is 2.40. The monoisotopic (exact) mass is 201 g/mol. The quantitative estimate of drug-likeness (QED) is 0.588. The first kappa shape index (κ1) is 11.3. The van der Waals surface area contributed by atoms with Crippen molar-refractivity contribution < 1.29 is 4.79 Å². The molecule has 0 aliphatic carbocycles. The number of nitrogens with one attached hydrogen (secondary N) is 1. The Morgan fingerprint density at radius 3 is 2.87 bits per heavy atom. The lowest BCUT2D eigenvalue weighted by molar-refractivity contribution is 0.0954. The molecular weight excluding hydrogens is 186 g/mol. The Hall–Kier alpha value is -1.75. The molecule has 15 heavy (non-hydrogen) atoms. The maximum absolute atomic E-state index is 11.7. The number of rotatable bonds is 3. The van der Waals surface area contributed by atoms with Gasteiger partial charge in [-0.15, -0.1) is 12.3 Å². The molecule has 1 N–H and O–H groups in total. The van der Waals surface area contributed by atoms with Crippen LogP contribution in [0.15, 0.2) is 18.2 Å². The molecule has 0 saturated carbocycles. The van der Waals surface area contributed by atoms with Crippen LogP contribution in [0.25, 0.3) is 0 Å². The summed E-state index contributed by atoms with van der Waals surface area (Å²) in [4.78, 5) is 11.7. The zero-order valence-electron chi connectivity index (χ0n) is 9.13. The van der Waals surface area contributed by atoms with Crippen molar-refractivity contribution in [1.82, 2.24) is 5.32 Å². The molecule has 0 bridgehead atoms. The van der Waals surface area contributed by atoms with Gasteiger partial charge in [0.1, 0.15) is 0 Å². The number of terminal acetylenes is 1. The predicted octanol–water partition coefficient (Wildman–Crippen LogP) is 2.06. The molecule has 0 saturated heterocycles. The number of carbonyl (C=O) groups excluding carboxylic acids is 1. The van der Waals surface area contributed by atoms with Crippen molar-refractivity contribution in [1.29, 1.82) is 0 Å². The van der Waals surface area contributed by atoms with Crippen LogP contribution < -0.4 is 5.32 Å². The van der Waals surface area contributed by atoms with Gasteiger partial charge in [-0.3, -0.25) is 4.79 Å². The number of amides is 1. The lowest BCUT2D eigenvalue weighted by Gasteiger charge is -2.08. The molecule has 0 aromatic heterocycles. The summed E-state index contributed by atoms with van der Waals surface area (Å²) in [6.07, 6.45) is 5.67. The number of benzene rings is 1. The second-order valence-corrected chi connectivity index (χ2v) is 3.46. The zero-order valence-corrected chi connectivity index (χ0v) is 9.13. The van der Waals surface area contributed by atoms with Gasteiger partial charge in [-0.25, -0.2) is 0 Å². The molecule has 0 spiro atoms. The average Bonchev–Trinajstić information content (AvgIpc) is 2.22. The number of hydrogen-bond donors (Lipinski definition) is 1. The van der Waals surface area contributed by atoms with Crippen molar-refractivity contribution in [3.63, 3.8) is 0 Å². The van der Waals surface area contributed by atoms with Gasteiger partial charge in [0.15, 0.2) is 0 Å². The van der Waals surface area contributed by atoms with Crippen LogP contribution in [0, 0.1) is 26.2 Å². The third kappa shape index (κ3) is 2.85. The molecule has 1 aromatic carbocycles. The maximum Gasteiger partial charge on any atom is 0.251 e. The van der Waals surface area contributed by atoms with Crippen molar-refractivity contribution in [3.05, 3.63) is 34.9 Å². The Labute approximate surface area is 90.7 Å². The summed E-state index contributed by atoms with van der Waals surface area (Å²) in [6, 6.07) is 5.71. The summed E-state index contributed by atoms with van der Waals surface area (Å²) < 4.78 is 0. The highest BCUT2D eigenvalue weighted by Crippen LogP contribution is 2.12. The topological polar surface area (TPSA) is 29.1 Å². The molecule has 0 aliphatic heterocycles. The molecule has 0 radical (unpaired) electrons. The summed E-state index contributed by atoms with van der Waals surface area (Å²) in [6.45, 7) is 4.47. The summed E-state index contributed by atoms with van der Waals surface area (Å²) in [7, 11) is 0. The van der Waals surface area contributed by atoms with Gasteiger partial charge in [0.05, 0.1) is 0 Å². The minimum Gasteiger partial charge on any atom is -0.351 e. The third-order valence-corrected chi connectivity index (χ3v) is 2.40. The van der Waals surface area contributed by atoms with Gasteiger partial charge < -0.3 is 5.32 Å². The van der Waals surface area contributed by atoms with E-state index in [1.54, 1.807) is 0 Å². The minimum absolute atomic E-state index is 0.0496. The van der Waals surface area contributed by atoms with E-state index in [2.05, 4.69) is 11.2 Å². The van der Waals surface area contributed by atoms with Gasteiger partial charge >= 0.3 is 0 Å². The molecule has 1 aromatic rings. The van der Waals surface area contributed by atoms with E-state index in [1.165, 1.54) is 0 Å². The van der Waals surface area contributed by atoms with Crippen LogP contribution in [0.3, 0.4) is 0 Å². The van der Waals surface area contributed by atoms with E-state index in [1.807, 2.05) is 32.0 Å². The van der Waals surface area contributed by atoms with E-state index >= 15 is 0 Å². The summed E-state index contributed by atoms with van der Waals surface area (Å²) in [5, 5.41) is 2.79. The molecular formula is C13H15NO. The highest BCUT2D eigenvalue weighted by Gasteiger charge is 2.08. The van der Waals surface area contributed by atoms with Gasteiger partial charge in [-0.1, -0.05) is 12.1 Å². The Morgan fingerprint density at radius 2 is 2.20 bits per heavy atom. The molecule has 0 heterocycles. The van der Waals surface area contributed by atoms with Crippen molar-refractivity contribution in [2.75, 3.05) is 6.54 Å². The van der Waals surface area contributed by atoms with E-state index in [4.69, 9.17) is 6.42 Å². The molecule has 0 atom stereocenters. The van der Waals surface area contributed by atoms with E-state index < -0.39 is 0 Å². The van der Waals surface area contributed by atoms with E-state index in [-0.39, 0.29) is 5.91 Å². The Kier molecular flexibility index (Phi) is 3.93. The van der Waals surface area contributed by atoms with Crippen LogP contribution in [0.4, 0.5) is 0 Å². The lowest BCUT2D eigenvalue weighted by Crippen LogP contribution is -2.25. The van der Waals surface area contributed by atoms with Crippen molar-refractivity contribution >= 4 is 5.91 Å². The van der Waals surface area contributed by atoms with Crippen LogP contribution in [0.5, 0.6) is 0 Å². The number of carbonyl (C=O) groups is 1. The smallest absolute Gasteiger partial charge is 0.251 e. The van der Waals surface area contributed by atoms with E-state index in [0.29, 0.717) is 13.0 Å². The first-order valence-electron chi connectivity index (χ1n) is 4.94. The fraction of sp³-hybridized carbons (Fsp3) is 0.308. The van der Waals surface area contributed by atoms with Gasteiger partial charge in [0.25, 0.3) is 5.91 Å². The molecule has 0 aliphatic rings. The Balaban J connectivity index is 2.75. The molecule has 78 valence electrons. The SMILES string of the molecule is C#CCCNC(=O)c1cccc(C)c1C. The molecule has 2 heteroatoms. The van der Waals surface area contributed by atoms with Crippen LogP contribution in [-0.4, -0.2) is 12.5 Å². The first-order chi connectivity index (χ1) is 7.16. The lowest BCUT2D eigenvalue weighted by atomic mass is 10.0. The highest BCUT2D eigenvalue weighted by atomic mass is 16.1. The largest absolute Gasteiger partial charge is 0.351 e. The predicted molar refractivity (Wildman–Crippen MR) is 61.7 cm³/mol. The fourth-order valence-electron chi connectivity index (χ4n) is 1.34. The van der Waals surface area contributed by atoms with Crippen molar-refractivity contribution in [3.8, 4) is 12.3 Å². The maximum atomic E-state index is 11.7.